The summed E-state index contributed by atoms with van der Waals surface area (Å²) in [4.78, 5) is 39.0. The van der Waals surface area contributed by atoms with E-state index in [-0.39, 0.29) is 18.5 Å². The number of aryl methyl sites for hydroxylation is 1. The minimum absolute atomic E-state index is 0.0809. The van der Waals surface area contributed by atoms with Gasteiger partial charge in [-0.2, -0.15) is 0 Å². The second-order valence-corrected chi connectivity index (χ2v) is 7.76. The fourth-order valence-corrected chi connectivity index (χ4v) is 4.31. The Balaban J connectivity index is 1.67. The van der Waals surface area contributed by atoms with Crippen molar-refractivity contribution < 1.29 is 14.0 Å². The van der Waals surface area contributed by atoms with Crippen LogP contribution in [0.1, 0.15) is 56.1 Å². The molecule has 2 aromatic rings. The number of nitrogens with zero attached hydrogens (tertiary/aromatic N) is 1. The second kappa shape index (κ2) is 6.83. The van der Waals surface area contributed by atoms with Crippen LogP contribution >= 0.6 is 0 Å². The van der Waals surface area contributed by atoms with Crippen molar-refractivity contribution in [1.82, 2.24) is 10.2 Å². The fraction of sp³-hybridized carbons (Fsp3) is 0.476. The number of hydrogen-bond acceptors (Lipinski definition) is 4. The van der Waals surface area contributed by atoms with Crippen LogP contribution in [0.2, 0.25) is 0 Å². The van der Waals surface area contributed by atoms with Crippen LogP contribution in [-0.4, -0.2) is 22.4 Å². The zero-order valence-electron chi connectivity index (χ0n) is 15.5. The molecule has 4 rings (SSSR count). The first-order chi connectivity index (χ1) is 13.0. The number of amides is 3. The van der Waals surface area contributed by atoms with Crippen molar-refractivity contribution in [2.24, 2.45) is 0 Å². The molecule has 0 atom stereocenters. The molecule has 1 saturated heterocycles. The first-order valence-electron chi connectivity index (χ1n) is 9.66. The summed E-state index contributed by atoms with van der Waals surface area (Å²) in [6, 6.07) is 6.60. The van der Waals surface area contributed by atoms with Crippen LogP contribution < -0.4 is 10.9 Å². The topological polar surface area (TPSA) is 79.6 Å². The molecule has 27 heavy (non-hydrogen) atoms. The molecule has 1 N–H and O–H groups in total. The average Bonchev–Trinajstić information content (AvgIpc) is 2.82. The molecule has 0 radical (unpaired) electrons. The van der Waals surface area contributed by atoms with Crippen molar-refractivity contribution in [3.05, 3.63) is 45.8 Å². The Bertz CT molecular complexity index is 954. The molecule has 142 valence electrons. The Hall–Kier alpha value is -2.63. The van der Waals surface area contributed by atoms with Crippen molar-refractivity contribution in [2.75, 3.05) is 0 Å². The quantitative estimate of drug-likeness (QED) is 0.648. The van der Waals surface area contributed by atoms with Crippen LogP contribution in [0, 0.1) is 6.92 Å². The molecule has 0 unspecified atom stereocenters. The van der Waals surface area contributed by atoms with Gasteiger partial charge in [-0.3, -0.25) is 9.69 Å². The Labute approximate surface area is 157 Å². The van der Waals surface area contributed by atoms with E-state index in [4.69, 9.17) is 4.42 Å². The third-order valence-electron chi connectivity index (χ3n) is 5.77. The maximum Gasteiger partial charge on any atom is 0.336 e. The van der Waals surface area contributed by atoms with E-state index < -0.39 is 11.2 Å². The third kappa shape index (κ3) is 3.24. The van der Waals surface area contributed by atoms with E-state index in [0.717, 1.165) is 36.6 Å². The van der Waals surface area contributed by atoms with Gasteiger partial charge >= 0.3 is 11.7 Å². The molecule has 1 saturated carbocycles. The lowest BCUT2D eigenvalue weighted by Gasteiger charge is -2.28. The molecule has 6 heteroatoms. The molecule has 1 aliphatic carbocycles. The van der Waals surface area contributed by atoms with Gasteiger partial charge in [-0.05, 0) is 37.0 Å². The average molecular weight is 368 g/mol. The fourth-order valence-electron chi connectivity index (χ4n) is 4.31. The van der Waals surface area contributed by atoms with Gasteiger partial charge in [-0.1, -0.05) is 44.2 Å². The molecule has 2 aliphatic rings. The van der Waals surface area contributed by atoms with Crippen LogP contribution in [0.4, 0.5) is 4.79 Å². The highest BCUT2D eigenvalue weighted by Crippen LogP contribution is 2.33. The summed E-state index contributed by atoms with van der Waals surface area (Å²) < 4.78 is 5.28. The Kier molecular flexibility index (Phi) is 4.50. The van der Waals surface area contributed by atoms with Gasteiger partial charge in [0.05, 0.1) is 6.54 Å². The Morgan fingerprint density at radius 2 is 1.74 bits per heavy atom. The molecule has 1 aromatic heterocycles. The van der Waals surface area contributed by atoms with Crippen molar-refractivity contribution in [3.8, 4) is 0 Å². The molecule has 1 aromatic carbocycles. The normalized spacial score (nSPS) is 20.0. The van der Waals surface area contributed by atoms with E-state index in [1.165, 1.54) is 17.4 Å². The number of carbonyl (C=O) groups excluding carboxylic acids is 2. The van der Waals surface area contributed by atoms with Gasteiger partial charge in [0, 0.05) is 11.5 Å². The SMILES string of the molecule is Cc1ccc2c(CN3C(=O)NC4(CCCCCCC4)C3=O)cc(=O)oc2c1. The summed E-state index contributed by atoms with van der Waals surface area (Å²) in [5.41, 5.74) is 0.837. The smallest absolute Gasteiger partial charge is 0.336 e. The largest absolute Gasteiger partial charge is 0.423 e. The number of hydrogen-bond donors (Lipinski definition) is 1. The lowest BCUT2D eigenvalue weighted by Crippen LogP contribution is -2.47. The van der Waals surface area contributed by atoms with Crippen molar-refractivity contribution in [3.63, 3.8) is 0 Å². The number of imide groups is 1. The number of rotatable bonds is 2. The van der Waals surface area contributed by atoms with E-state index in [2.05, 4.69) is 5.32 Å². The number of nitrogens with one attached hydrogen (secondary N) is 1. The van der Waals surface area contributed by atoms with E-state index >= 15 is 0 Å². The molecule has 6 nitrogen and oxygen atoms in total. The molecule has 1 spiro atoms. The molecule has 2 fully saturated rings. The molecule has 0 bridgehead atoms. The van der Waals surface area contributed by atoms with Crippen molar-refractivity contribution in [1.29, 1.82) is 0 Å². The standard InChI is InChI=1S/C21H24N2O4/c1-14-7-8-16-15(12-18(24)27-17(16)11-14)13-23-19(25)21(22-20(23)26)9-5-3-2-4-6-10-21/h7-8,11-12H,2-6,9-10,13H2,1H3,(H,22,26). The molecule has 3 amide bonds. The summed E-state index contributed by atoms with van der Waals surface area (Å²) >= 11 is 0. The van der Waals surface area contributed by atoms with Crippen molar-refractivity contribution in [2.45, 2.75) is 64.0 Å². The monoisotopic (exact) mass is 368 g/mol. The van der Waals surface area contributed by atoms with Gasteiger partial charge in [0.1, 0.15) is 11.1 Å². The van der Waals surface area contributed by atoms with Gasteiger partial charge in [-0.15, -0.1) is 0 Å². The third-order valence-corrected chi connectivity index (χ3v) is 5.77. The second-order valence-electron chi connectivity index (χ2n) is 7.76. The predicted molar refractivity (Wildman–Crippen MR) is 101 cm³/mol. The summed E-state index contributed by atoms with van der Waals surface area (Å²) in [6.45, 7) is 2.00. The lowest BCUT2D eigenvalue weighted by molar-refractivity contribution is -0.132. The van der Waals surface area contributed by atoms with Crippen LogP contribution in [0.15, 0.2) is 33.5 Å². The highest BCUT2D eigenvalue weighted by molar-refractivity contribution is 6.07. The molecule has 2 heterocycles. The summed E-state index contributed by atoms with van der Waals surface area (Å²) in [7, 11) is 0. The van der Waals surface area contributed by atoms with Crippen LogP contribution in [-0.2, 0) is 11.3 Å². The van der Waals surface area contributed by atoms with Gasteiger partial charge < -0.3 is 9.73 Å². The van der Waals surface area contributed by atoms with Crippen LogP contribution in [0.3, 0.4) is 0 Å². The van der Waals surface area contributed by atoms with Crippen LogP contribution in [0.5, 0.6) is 0 Å². The molecule has 1 aliphatic heterocycles. The maximum absolute atomic E-state index is 13.2. The first-order valence-corrected chi connectivity index (χ1v) is 9.66. The van der Waals surface area contributed by atoms with E-state index in [0.29, 0.717) is 24.0 Å². The van der Waals surface area contributed by atoms with E-state index in [1.807, 2.05) is 19.1 Å². The zero-order valence-corrected chi connectivity index (χ0v) is 15.5. The number of carbonyl (C=O) groups is 2. The number of fused-ring (bicyclic) bond motifs is 1. The van der Waals surface area contributed by atoms with E-state index in [9.17, 15) is 14.4 Å². The first kappa shape index (κ1) is 17.8. The summed E-state index contributed by atoms with van der Waals surface area (Å²) in [5.74, 6) is -0.164. The molecular weight excluding hydrogens is 344 g/mol. The van der Waals surface area contributed by atoms with Gasteiger partial charge in [0.2, 0.25) is 0 Å². The summed E-state index contributed by atoms with van der Waals surface area (Å²) in [6.07, 6.45) is 6.63. The Morgan fingerprint density at radius 3 is 2.48 bits per heavy atom. The minimum Gasteiger partial charge on any atom is -0.423 e. The maximum atomic E-state index is 13.2. The summed E-state index contributed by atoms with van der Waals surface area (Å²) in [5, 5.41) is 3.71. The van der Waals surface area contributed by atoms with Crippen molar-refractivity contribution >= 4 is 22.9 Å². The minimum atomic E-state index is -0.774. The highest BCUT2D eigenvalue weighted by Gasteiger charge is 2.50. The van der Waals surface area contributed by atoms with E-state index in [1.54, 1.807) is 6.07 Å². The Morgan fingerprint density at radius 1 is 1.04 bits per heavy atom. The highest BCUT2D eigenvalue weighted by atomic mass is 16.4. The lowest BCUT2D eigenvalue weighted by atomic mass is 9.84. The number of benzene rings is 1. The number of urea groups is 1. The van der Waals surface area contributed by atoms with Crippen LogP contribution in [0.25, 0.3) is 11.0 Å². The van der Waals surface area contributed by atoms with Gasteiger partial charge in [-0.25, -0.2) is 9.59 Å². The van der Waals surface area contributed by atoms with Gasteiger partial charge in [0.15, 0.2) is 0 Å². The zero-order chi connectivity index (χ0) is 19.0. The van der Waals surface area contributed by atoms with Gasteiger partial charge in [0.25, 0.3) is 5.91 Å². The predicted octanol–water partition coefficient (Wildman–Crippen LogP) is 3.64. The molecular formula is C21H24N2O4.